The first-order chi connectivity index (χ1) is 9.71. The van der Waals surface area contributed by atoms with Gasteiger partial charge in [-0.25, -0.2) is 8.42 Å². The lowest BCUT2D eigenvalue weighted by Crippen LogP contribution is -2.51. The first-order valence-corrected chi connectivity index (χ1v) is 8.96. The number of carboxylic acids is 1. The van der Waals surface area contributed by atoms with Crippen LogP contribution in [0.25, 0.3) is 0 Å². The van der Waals surface area contributed by atoms with E-state index in [-0.39, 0.29) is 29.2 Å². The molecule has 1 saturated carbocycles. The van der Waals surface area contributed by atoms with Crippen molar-refractivity contribution in [3.8, 4) is 0 Å². The highest BCUT2D eigenvalue weighted by Crippen LogP contribution is 2.48. The summed E-state index contributed by atoms with van der Waals surface area (Å²) in [5.41, 5.74) is -0.773. The maximum absolute atomic E-state index is 12.5. The van der Waals surface area contributed by atoms with Gasteiger partial charge >= 0.3 is 5.97 Å². The minimum absolute atomic E-state index is 0.0438. The molecule has 1 amide bonds. The van der Waals surface area contributed by atoms with Gasteiger partial charge in [0.15, 0.2) is 9.84 Å². The Bertz CT molecular complexity index is 625. The van der Waals surface area contributed by atoms with Gasteiger partial charge in [0.2, 0.25) is 5.91 Å². The van der Waals surface area contributed by atoms with Crippen LogP contribution in [0.2, 0.25) is 0 Å². The summed E-state index contributed by atoms with van der Waals surface area (Å²) in [5, 5.41) is 12.2. The van der Waals surface area contributed by atoms with Crippen molar-refractivity contribution in [2.45, 2.75) is 25.3 Å². The molecule has 2 N–H and O–H groups in total. The number of hydrogen-bond donors (Lipinski definition) is 2. The molecule has 7 heteroatoms. The number of allylic oxidation sites excluding steroid dienone is 2. The number of nitrogens with one attached hydrogen (secondary N) is 1. The summed E-state index contributed by atoms with van der Waals surface area (Å²) < 4.78 is 23.2. The summed E-state index contributed by atoms with van der Waals surface area (Å²) in [4.78, 5) is 23.9. The largest absolute Gasteiger partial charge is 0.481 e. The molecule has 2 bridgehead atoms. The van der Waals surface area contributed by atoms with Gasteiger partial charge in [0, 0.05) is 0 Å². The Hall–Kier alpha value is -1.37. The van der Waals surface area contributed by atoms with Gasteiger partial charge in [-0.05, 0) is 31.6 Å². The minimum Gasteiger partial charge on any atom is -0.481 e. The molecule has 1 heterocycles. The fourth-order valence-electron chi connectivity index (χ4n) is 4.01. The van der Waals surface area contributed by atoms with Gasteiger partial charge in [-0.15, -0.1) is 0 Å². The third kappa shape index (κ3) is 2.47. The third-order valence-electron chi connectivity index (χ3n) is 4.98. The third-order valence-corrected chi connectivity index (χ3v) is 6.88. The zero-order valence-electron chi connectivity index (χ0n) is 11.8. The molecule has 116 valence electrons. The Morgan fingerprint density at radius 1 is 1.24 bits per heavy atom. The molecule has 2 aliphatic carbocycles. The number of aliphatic carboxylic acids is 1. The van der Waals surface area contributed by atoms with Gasteiger partial charge < -0.3 is 10.4 Å². The van der Waals surface area contributed by atoms with E-state index in [1.165, 1.54) is 0 Å². The van der Waals surface area contributed by atoms with E-state index in [1.54, 1.807) is 6.92 Å². The molecule has 21 heavy (non-hydrogen) atoms. The van der Waals surface area contributed by atoms with Gasteiger partial charge in [0.25, 0.3) is 0 Å². The Kier molecular flexibility index (Phi) is 3.16. The highest BCUT2D eigenvalue weighted by molar-refractivity contribution is 7.91. The van der Waals surface area contributed by atoms with Crippen molar-refractivity contribution < 1.29 is 23.1 Å². The van der Waals surface area contributed by atoms with Crippen molar-refractivity contribution in [3.63, 3.8) is 0 Å². The van der Waals surface area contributed by atoms with Crippen LogP contribution in [0.15, 0.2) is 12.2 Å². The van der Waals surface area contributed by atoms with E-state index < -0.39 is 33.2 Å². The average molecular weight is 313 g/mol. The summed E-state index contributed by atoms with van der Waals surface area (Å²) in [6, 6.07) is 0. The quantitative estimate of drug-likeness (QED) is 0.725. The molecule has 0 spiro atoms. The molecule has 6 nitrogen and oxygen atoms in total. The molecule has 0 aromatic heterocycles. The number of hydrogen-bond acceptors (Lipinski definition) is 4. The monoisotopic (exact) mass is 313 g/mol. The van der Waals surface area contributed by atoms with Crippen LogP contribution in [0.4, 0.5) is 0 Å². The highest BCUT2D eigenvalue weighted by Gasteiger charge is 2.53. The van der Waals surface area contributed by atoms with Crippen LogP contribution in [-0.4, -0.2) is 42.4 Å². The second-order valence-electron chi connectivity index (χ2n) is 6.73. The van der Waals surface area contributed by atoms with E-state index in [2.05, 4.69) is 5.32 Å². The number of carboxylic acid groups (broad SMARTS) is 1. The van der Waals surface area contributed by atoms with Crippen molar-refractivity contribution in [2.24, 2.45) is 23.7 Å². The molecule has 0 aromatic rings. The van der Waals surface area contributed by atoms with E-state index in [0.29, 0.717) is 12.8 Å². The van der Waals surface area contributed by atoms with Crippen LogP contribution >= 0.6 is 0 Å². The number of fused-ring (bicyclic) bond motifs is 2. The van der Waals surface area contributed by atoms with Crippen LogP contribution < -0.4 is 5.32 Å². The number of carbonyl (C=O) groups excluding carboxylic acids is 1. The first kappa shape index (κ1) is 14.6. The Labute approximate surface area is 123 Å². The Morgan fingerprint density at radius 2 is 1.86 bits per heavy atom. The van der Waals surface area contributed by atoms with Gasteiger partial charge in [0.1, 0.15) is 0 Å². The van der Waals surface area contributed by atoms with Gasteiger partial charge in [-0.1, -0.05) is 12.2 Å². The van der Waals surface area contributed by atoms with Crippen LogP contribution in [0.3, 0.4) is 0 Å². The molecular weight excluding hydrogens is 294 g/mol. The zero-order chi connectivity index (χ0) is 15.4. The molecule has 3 aliphatic rings. The highest BCUT2D eigenvalue weighted by atomic mass is 32.2. The number of rotatable bonds is 3. The van der Waals surface area contributed by atoms with Crippen LogP contribution in [0.5, 0.6) is 0 Å². The van der Waals surface area contributed by atoms with Crippen molar-refractivity contribution in [1.29, 1.82) is 0 Å². The van der Waals surface area contributed by atoms with E-state index in [9.17, 15) is 23.1 Å². The van der Waals surface area contributed by atoms with Crippen LogP contribution in [-0.2, 0) is 19.4 Å². The molecule has 1 aliphatic heterocycles. The van der Waals surface area contributed by atoms with E-state index in [0.717, 1.165) is 0 Å². The fraction of sp³-hybridized carbons (Fsp3) is 0.714. The maximum atomic E-state index is 12.5. The lowest BCUT2D eigenvalue weighted by atomic mass is 9.82. The number of sulfone groups is 1. The number of amides is 1. The summed E-state index contributed by atoms with van der Waals surface area (Å²) in [5.74, 6) is -2.67. The normalized spacial score (nSPS) is 43.1. The van der Waals surface area contributed by atoms with Crippen molar-refractivity contribution >= 4 is 21.7 Å². The summed E-state index contributed by atoms with van der Waals surface area (Å²) >= 11 is 0. The Morgan fingerprint density at radius 3 is 2.38 bits per heavy atom. The lowest BCUT2D eigenvalue weighted by molar-refractivity contribution is -0.148. The van der Waals surface area contributed by atoms with Crippen LogP contribution in [0, 0.1) is 23.7 Å². The second-order valence-corrected chi connectivity index (χ2v) is 8.91. The molecule has 0 aromatic carbocycles. The zero-order valence-corrected chi connectivity index (χ0v) is 12.6. The molecule has 1 saturated heterocycles. The molecule has 3 rings (SSSR count). The second kappa shape index (κ2) is 4.56. The minimum atomic E-state index is -3.11. The molecular formula is C14H19NO5S. The number of carbonyl (C=O) groups is 2. The summed E-state index contributed by atoms with van der Waals surface area (Å²) in [6.45, 7) is 1.72. The van der Waals surface area contributed by atoms with Crippen LogP contribution in [0.1, 0.15) is 19.8 Å². The predicted octanol–water partition coefficient (Wildman–Crippen LogP) is 0.203. The van der Waals surface area contributed by atoms with E-state index in [1.807, 2.05) is 12.2 Å². The van der Waals surface area contributed by atoms with Gasteiger partial charge in [-0.2, -0.15) is 0 Å². The van der Waals surface area contributed by atoms with E-state index >= 15 is 0 Å². The average Bonchev–Trinajstić information content (AvgIpc) is 3.01. The topological polar surface area (TPSA) is 101 Å². The maximum Gasteiger partial charge on any atom is 0.307 e. The van der Waals surface area contributed by atoms with Crippen molar-refractivity contribution in [1.82, 2.24) is 5.32 Å². The van der Waals surface area contributed by atoms with E-state index in [4.69, 9.17) is 0 Å². The molecule has 3 unspecified atom stereocenters. The molecule has 2 fully saturated rings. The SMILES string of the molecule is CC1(NC(=O)[C@H]2C3C=CC(C3)[C@H]2C(=O)O)CCS(=O)(=O)C1. The van der Waals surface area contributed by atoms with Gasteiger partial charge in [0.05, 0.1) is 28.9 Å². The standard InChI is InChI=1S/C14H19NO5S/c1-14(4-5-21(19,20)7-14)15-12(16)10-8-2-3-9(6-8)11(10)13(17)18/h2-3,8-11H,4-7H2,1H3,(H,15,16)(H,17,18)/t8?,9?,10-,11+,14?/m0/s1. The van der Waals surface area contributed by atoms with Gasteiger partial charge in [-0.3, -0.25) is 9.59 Å². The fourth-order valence-corrected chi connectivity index (χ4v) is 6.10. The predicted molar refractivity (Wildman–Crippen MR) is 75.2 cm³/mol. The summed E-state index contributed by atoms with van der Waals surface area (Å²) in [7, 11) is -3.11. The molecule has 5 atom stereocenters. The molecule has 0 radical (unpaired) electrons. The Balaban J connectivity index is 1.77. The first-order valence-electron chi connectivity index (χ1n) is 7.14. The lowest BCUT2D eigenvalue weighted by Gasteiger charge is -2.30. The summed E-state index contributed by atoms with van der Waals surface area (Å²) in [6.07, 6.45) is 4.89. The van der Waals surface area contributed by atoms with Crippen molar-refractivity contribution in [3.05, 3.63) is 12.2 Å². The van der Waals surface area contributed by atoms with Crippen molar-refractivity contribution in [2.75, 3.05) is 11.5 Å². The smallest absolute Gasteiger partial charge is 0.307 e.